The first-order chi connectivity index (χ1) is 21.4. The number of hydrogen-bond donors (Lipinski definition) is 2. The average Bonchev–Trinajstić information content (AvgIpc) is 3.05. The molecule has 0 bridgehead atoms. The van der Waals surface area contributed by atoms with Crippen molar-refractivity contribution in [1.82, 2.24) is 0 Å². The smallest absolute Gasteiger partial charge is 0.335 e. The quantitative estimate of drug-likeness (QED) is 0.159. The molecular weight excluding hydrogens is 560 g/mol. The molecule has 4 aromatic rings. The number of carbonyl (C=O) groups excluding carboxylic acids is 1. The summed E-state index contributed by atoms with van der Waals surface area (Å²) in [6, 6.07) is 34.6. The molecule has 0 spiro atoms. The van der Waals surface area contributed by atoms with Crippen LogP contribution in [0.25, 0.3) is 0 Å². The average molecular weight is 601 g/mol. The normalized spacial score (nSPS) is 11.8. The highest BCUT2D eigenvalue weighted by atomic mass is 16.6. The van der Waals surface area contributed by atoms with Crippen LogP contribution >= 0.6 is 0 Å². The van der Waals surface area contributed by atoms with Gasteiger partial charge in [0.25, 0.3) is 0 Å². The van der Waals surface area contributed by atoms with Gasteiger partial charge in [0.15, 0.2) is 12.2 Å². The summed E-state index contributed by atoms with van der Waals surface area (Å²) in [6.45, 7) is 5.51. The van der Waals surface area contributed by atoms with Gasteiger partial charge in [-0.05, 0) is 60.4 Å². The Morgan fingerprint density at radius 3 is 1.48 bits per heavy atom. The van der Waals surface area contributed by atoms with Crippen molar-refractivity contribution in [3.8, 4) is 11.5 Å². The van der Waals surface area contributed by atoms with Crippen LogP contribution in [-0.4, -0.2) is 47.6 Å². The lowest BCUT2D eigenvalue weighted by molar-refractivity contribution is -0.156. The van der Waals surface area contributed by atoms with E-state index in [0.717, 1.165) is 28.0 Å². The minimum atomic E-state index is -1.37. The first kappa shape index (κ1) is 33.8. The molecule has 0 aliphatic carbocycles. The van der Waals surface area contributed by atoms with E-state index in [1.54, 1.807) is 31.2 Å². The number of carboxylic acid groups (broad SMARTS) is 1. The van der Waals surface area contributed by atoms with Gasteiger partial charge in [0, 0.05) is 19.4 Å². The van der Waals surface area contributed by atoms with Crippen molar-refractivity contribution in [2.45, 2.75) is 52.1 Å². The Balaban J connectivity index is 0.000000244. The largest absolute Gasteiger partial charge is 0.489 e. The van der Waals surface area contributed by atoms with Crippen LogP contribution in [0.15, 0.2) is 109 Å². The van der Waals surface area contributed by atoms with Crippen molar-refractivity contribution in [2.75, 3.05) is 13.2 Å². The second-order valence-corrected chi connectivity index (χ2v) is 9.79. The number of carbonyl (C=O) groups is 2. The van der Waals surface area contributed by atoms with Gasteiger partial charge in [-0.1, -0.05) is 84.9 Å². The summed E-state index contributed by atoms with van der Waals surface area (Å²) in [5.41, 5.74) is 3.97. The molecule has 0 amide bonds. The molecule has 0 aliphatic heterocycles. The van der Waals surface area contributed by atoms with Gasteiger partial charge in [0.05, 0.1) is 6.61 Å². The fraction of sp³-hybridized carbons (Fsp3) is 0.278. The molecule has 0 heterocycles. The van der Waals surface area contributed by atoms with Gasteiger partial charge >= 0.3 is 11.9 Å². The number of hydrogen-bond acceptors (Lipinski definition) is 7. The first-order valence-corrected chi connectivity index (χ1v) is 14.6. The lowest BCUT2D eigenvalue weighted by Gasteiger charge is -2.15. The maximum absolute atomic E-state index is 11.9. The van der Waals surface area contributed by atoms with Gasteiger partial charge in [-0.2, -0.15) is 0 Å². The van der Waals surface area contributed by atoms with E-state index in [-0.39, 0.29) is 12.4 Å². The maximum Gasteiger partial charge on any atom is 0.335 e. The second-order valence-electron chi connectivity index (χ2n) is 9.79. The summed E-state index contributed by atoms with van der Waals surface area (Å²) in [5.74, 6) is -0.0210. The van der Waals surface area contributed by atoms with Gasteiger partial charge in [-0.15, -0.1) is 0 Å². The summed E-state index contributed by atoms with van der Waals surface area (Å²) < 4.78 is 21.9. The van der Waals surface area contributed by atoms with Crippen molar-refractivity contribution in [2.24, 2.45) is 0 Å². The molecule has 0 saturated carbocycles. The van der Waals surface area contributed by atoms with E-state index in [4.69, 9.17) is 24.1 Å². The van der Waals surface area contributed by atoms with Crippen LogP contribution < -0.4 is 9.47 Å². The highest BCUT2D eigenvalue weighted by Gasteiger charge is 2.20. The molecule has 8 heteroatoms. The minimum absolute atomic E-state index is 0.0916. The molecular formula is C36H40O8. The molecule has 0 saturated heterocycles. The third kappa shape index (κ3) is 12.3. The number of esters is 1. The molecule has 232 valence electrons. The van der Waals surface area contributed by atoms with Crippen molar-refractivity contribution in [1.29, 1.82) is 0 Å². The molecule has 0 aromatic heterocycles. The Labute approximate surface area is 258 Å². The second kappa shape index (κ2) is 18.8. The standard InChI is InChI=1S/C20H24O4.C16H16O4/c1-3-22-19(20(21)23-4-2)14-16-10-12-18(13-11-16)24-15-17-8-6-5-7-9-17;17-15(16(18)19)10-12-6-8-14(9-7-12)20-11-13-4-2-1-3-5-13/h5-13,19H,3-4,14-15H2,1-2H3;1-9,15,17H,10-11H2,(H,18,19)/t19-;15-/m11/s1. The van der Waals surface area contributed by atoms with Gasteiger partial charge in [0.2, 0.25) is 0 Å². The molecule has 0 radical (unpaired) electrons. The predicted octanol–water partition coefficient (Wildman–Crippen LogP) is 6.03. The zero-order chi connectivity index (χ0) is 31.6. The third-order valence-electron chi connectivity index (χ3n) is 6.40. The zero-order valence-corrected chi connectivity index (χ0v) is 25.1. The van der Waals surface area contributed by atoms with Crippen LogP contribution in [0.4, 0.5) is 0 Å². The number of aliphatic hydroxyl groups is 1. The van der Waals surface area contributed by atoms with Crippen LogP contribution in [0.2, 0.25) is 0 Å². The lowest BCUT2D eigenvalue weighted by Crippen LogP contribution is -2.28. The Morgan fingerprint density at radius 1 is 0.614 bits per heavy atom. The predicted molar refractivity (Wildman–Crippen MR) is 168 cm³/mol. The molecule has 0 aliphatic rings. The molecule has 8 nitrogen and oxygen atoms in total. The number of aliphatic hydroxyl groups excluding tert-OH is 1. The van der Waals surface area contributed by atoms with E-state index in [2.05, 4.69) is 0 Å². The zero-order valence-electron chi connectivity index (χ0n) is 25.1. The number of aliphatic carboxylic acids is 1. The first-order valence-electron chi connectivity index (χ1n) is 14.6. The maximum atomic E-state index is 11.9. The number of carboxylic acids is 1. The Hall–Kier alpha value is -4.66. The van der Waals surface area contributed by atoms with Crippen molar-refractivity contribution in [3.63, 3.8) is 0 Å². The van der Waals surface area contributed by atoms with Gasteiger partial charge in [-0.25, -0.2) is 9.59 Å². The Morgan fingerprint density at radius 2 is 1.07 bits per heavy atom. The van der Waals surface area contributed by atoms with E-state index in [0.29, 0.717) is 38.6 Å². The molecule has 4 rings (SSSR count). The summed E-state index contributed by atoms with van der Waals surface area (Å²) >= 11 is 0. The van der Waals surface area contributed by atoms with E-state index in [1.165, 1.54) is 0 Å². The highest BCUT2D eigenvalue weighted by molar-refractivity contribution is 5.75. The van der Waals surface area contributed by atoms with E-state index >= 15 is 0 Å². The fourth-order valence-electron chi connectivity index (χ4n) is 4.10. The number of rotatable bonds is 15. The summed E-state index contributed by atoms with van der Waals surface area (Å²) in [4.78, 5) is 22.4. The van der Waals surface area contributed by atoms with Crippen LogP contribution in [-0.2, 0) is 45.1 Å². The molecule has 2 atom stereocenters. The van der Waals surface area contributed by atoms with Crippen molar-refractivity contribution < 1.29 is 38.7 Å². The molecule has 2 N–H and O–H groups in total. The van der Waals surface area contributed by atoms with Crippen LogP contribution in [0.1, 0.15) is 36.1 Å². The lowest BCUT2D eigenvalue weighted by atomic mass is 10.1. The number of benzene rings is 4. The van der Waals surface area contributed by atoms with Gasteiger partial charge in [-0.3, -0.25) is 0 Å². The highest BCUT2D eigenvalue weighted by Crippen LogP contribution is 2.17. The van der Waals surface area contributed by atoms with Gasteiger partial charge in [0.1, 0.15) is 24.7 Å². The van der Waals surface area contributed by atoms with Crippen LogP contribution in [0.5, 0.6) is 11.5 Å². The minimum Gasteiger partial charge on any atom is -0.489 e. The van der Waals surface area contributed by atoms with Crippen LogP contribution in [0, 0.1) is 0 Å². The van der Waals surface area contributed by atoms with Crippen molar-refractivity contribution >= 4 is 11.9 Å². The van der Waals surface area contributed by atoms with E-state index in [9.17, 15) is 14.7 Å². The van der Waals surface area contributed by atoms with Crippen molar-refractivity contribution in [3.05, 3.63) is 131 Å². The van der Waals surface area contributed by atoms with Crippen LogP contribution in [0.3, 0.4) is 0 Å². The molecule has 0 unspecified atom stereocenters. The van der Waals surface area contributed by atoms with E-state index in [1.807, 2.05) is 91.9 Å². The third-order valence-corrected chi connectivity index (χ3v) is 6.40. The molecule has 4 aromatic carbocycles. The number of ether oxygens (including phenoxy) is 4. The summed E-state index contributed by atoms with van der Waals surface area (Å²) in [7, 11) is 0. The topological polar surface area (TPSA) is 112 Å². The van der Waals surface area contributed by atoms with Gasteiger partial charge < -0.3 is 29.2 Å². The molecule has 44 heavy (non-hydrogen) atoms. The summed E-state index contributed by atoms with van der Waals surface area (Å²) in [6.07, 6.45) is -1.35. The Kier molecular flexibility index (Phi) is 14.4. The monoisotopic (exact) mass is 600 g/mol. The Bertz CT molecular complexity index is 1370. The van der Waals surface area contributed by atoms with E-state index < -0.39 is 18.2 Å². The summed E-state index contributed by atoms with van der Waals surface area (Å²) in [5, 5.41) is 17.9. The fourth-order valence-corrected chi connectivity index (χ4v) is 4.10. The molecule has 0 fully saturated rings. The SMILES string of the molecule is CCOC(=O)[C@@H](Cc1ccc(OCc2ccccc2)cc1)OCC.O=C(O)[C@H](O)Cc1ccc(OCc2ccccc2)cc1.